The minimum Gasteiger partial charge on any atom is -0.496 e. The van der Waals surface area contributed by atoms with Gasteiger partial charge in [0, 0.05) is 6.20 Å². The Labute approximate surface area is 114 Å². The number of benzene rings is 1. The van der Waals surface area contributed by atoms with E-state index in [4.69, 9.17) is 16.3 Å². The predicted molar refractivity (Wildman–Crippen MR) is 72.1 cm³/mol. The lowest BCUT2D eigenvalue weighted by Gasteiger charge is -2.09. The maximum Gasteiger partial charge on any atom is 0.156 e. The van der Waals surface area contributed by atoms with E-state index in [9.17, 15) is 4.39 Å². The van der Waals surface area contributed by atoms with Gasteiger partial charge in [-0.1, -0.05) is 17.7 Å². The largest absolute Gasteiger partial charge is 0.496 e. The van der Waals surface area contributed by atoms with Gasteiger partial charge in [0.15, 0.2) is 5.65 Å². The van der Waals surface area contributed by atoms with Gasteiger partial charge >= 0.3 is 0 Å². The fourth-order valence-corrected chi connectivity index (χ4v) is 2.30. The Hall–Kier alpha value is -2.07. The molecule has 0 aliphatic carbocycles. The van der Waals surface area contributed by atoms with Crippen molar-refractivity contribution in [2.24, 2.45) is 0 Å². The summed E-state index contributed by atoms with van der Waals surface area (Å²) in [5.74, 6) is 0.0999. The third kappa shape index (κ3) is 1.85. The monoisotopic (exact) mass is 276 g/mol. The first kappa shape index (κ1) is 12.0. The Bertz CT molecular complexity index is 754. The van der Waals surface area contributed by atoms with E-state index in [0.29, 0.717) is 27.7 Å². The van der Waals surface area contributed by atoms with Crippen molar-refractivity contribution in [1.29, 1.82) is 0 Å². The van der Waals surface area contributed by atoms with Gasteiger partial charge in [0.2, 0.25) is 0 Å². The van der Waals surface area contributed by atoms with Crippen molar-refractivity contribution in [2.75, 3.05) is 7.11 Å². The number of hydrogen-bond donors (Lipinski definition) is 0. The van der Waals surface area contributed by atoms with Crippen molar-refractivity contribution < 1.29 is 9.13 Å². The van der Waals surface area contributed by atoms with Crippen LogP contribution in [0.25, 0.3) is 16.9 Å². The zero-order valence-corrected chi connectivity index (χ0v) is 10.9. The molecule has 0 bridgehead atoms. The average molecular weight is 277 g/mol. The number of ether oxygens (including phenoxy) is 1. The Kier molecular flexibility index (Phi) is 2.87. The van der Waals surface area contributed by atoms with Gasteiger partial charge in [-0.05, 0) is 24.3 Å². The molecule has 0 saturated heterocycles. The number of aromatic nitrogens is 2. The molecule has 19 heavy (non-hydrogen) atoms. The van der Waals surface area contributed by atoms with E-state index in [1.165, 1.54) is 13.2 Å². The molecule has 3 rings (SSSR count). The van der Waals surface area contributed by atoms with Crippen molar-refractivity contribution in [3.05, 3.63) is 53.6 Å². The van der Waals surface area contributed by atoms with Crippen molar-refractivity contribution in [3.8, 4) is 17.0 Å². The molecule has 0 atom stereocenters. The number of methoxy groups -OCH3 is 1. The average Bonchev–Trinajstić information content (AvgIpc) is 2.83. The van der Waals surface area contributed by atoms with Gasteiger partial charge in [-0.15, -0.1) is 0 Å². The van der Waals surface area contributed by atoms with Crippen LogP contribution < -0.4 is 4.74 Å². The van der Waals surface area contributed by atoms with Gasteiger partial charge in [-0.3, -0.25) is 4.40 Å². The molecule has 96 valence electrons. The molecule has 0 aliphatic rings. The van der Waals surface area contributed by atoms with Gasteiger partial charge in [0.05, 0.1) is 29.6 Å². The zero-order valence-electron chi connectivity index (χ0n) is 10.1. The van der Waals surface area contributed by atoms with E-state index in [-0.39, 0.29) is 5.82 Å². The summed E-state index contributed by atoms with van der Waals surface area (Å²) in [7, 11) is 1.51. The summed E-state index contributed by atoms with van der Waals surface area (Å²) in [6.45, 7) is 0. The number of pyridine rings is 1. The highest BCUT2D eigenvalue weighted by Gasteiger charge is 2.16. The first-order chi connectivity index (χ1) is 9.22. The molecule has 2 heterocycles. The number of rotatable bonds is 2. The molecule has 5 heteroatoms. The van der Waals surface area contributed by atoms with E-state index < -0.39 is 0 Å². The third-order valence-corrected chi connectivity index (χ3v) is 3.23. The lowest BCUT2D eigenvalue weighted by atomic mass is 10.1. The molecule has 0 spiro atoms. The Morgan fingerprint density at radius 3 is 2.89 bits per heavy atom. The number of hydrogen-bond acceptors (Lipinski definition) is 2. The molecule has 0 amide bonds. The van der Waals surface area contributed by atoms with Gasteiger partial charge in [0.25, 0.3) is 0 Å². The predicted octanol–water partition coefficient (Wildman–Crippen LogP) is 3.80. The molecule has 0 radical (unpaired) electrons. The molecule has 0 unspecified atom stereocenters. The van der Waals surface area contributed by atoms with E-state index in [1.54, 1.807) is 41.1 Å². The Morgan fingerprint density at radius 2 is 2.11 bits per heavy atom. The molecule has 0 aliphatic heterocycles. The Balaban J connectivity index is 2.34. The second-order valence-corrected chi connectivity index (χ2v) is 4.42. The summed E-state index contributed by atoms with van der Waals surface area (Å²) in [6.07, 6.45) is 3.37. The molecule has 0 fully saturated rings. The van der Waals surface area contributed by atoms with Crippen molar-refractivity contribution in [2.45, 2.75) is 0 Å². The second kappa shape index (κ2) is 4.55. The van der Waals surface area contributed by atoms with Crippen LogP contribution in [0.3, 0.4) is 0 Å². The van der Waals surface area contributed by atoms with Crippen LogP contribution in [0.15, 0.2) is 42.7 Å². The van der Waals surface area contributed by atoms with Crippen molar-refractivity contribution in [3.63, 3.8) is 0 Å². The first-order valence-corrected chi connectivity index (χ1v) is 6.04. The third-order valence-electron chi connectivity index (χ3n) is 2.94. The highest BCUT2D eigenvalue weighted by Crippen LogP contribution is 2.33. The van der Waals surface area contributed by atoms with Gasteiger partial charge in [0.1, 0.15) is 11.6 Å². The second-order valence-electron chi connectivity index (χ2n) is 4.01. The first-order valence-electron chi connectivity index (χ1n) is 5.67. The van der Waals surface area contributed by atoms with E-state index >= 15 is 0 Å². The molecule has 1 aromatic carbocycles. The van der Waals surface area contributed by atoms with E-state index in [2.05, 4.69) is 4.98 Å². The maximum absolute atomic E-state index is 14.1. The quantitative estimate of drug-likeness (QED) is 0.712. The normalized spacial score (nSPS) is 10.9. The number of nitrogens with zero attached hydrogens (tertiary/aromatic N) is 2. The number of fused-ring (bicyclic) bond motifs is 1. The highest BCUT2D eigenvalue weighted by molar-refractivity contribution is 6.33. The summed E-state index contributed by atoms with van der Waals surface area (Å²) in [4.78, 5) is 4.22. The number of imidazole rings is 1. The van der Waals surface area contributed by atoms with E-state index in [0.717, 1.165) is 0 Å². The van der Waals surface area contributed by atoms with Gasteiger partial charge in [-0.2, -0.15) is 0 Å². The fourth-order valence-electron chi connectivity index (χ4n) is 2.08. The van der Waals surface area contributed by atoms with Crippen LogP contribution in [-0.2, 0) is 0 Å². The molecular weight excluding hydrogens is 267 g/mol. The molecule has 2 aromatic heterocycles. The topological polar surface area (TPSA) is 26.5 Å². The summed E-state index contributed by atoms with van der Waals surface area (Å²) < 4.78 is 21.0. The maximum atomic E-state index is 14.1. The minimum absolute atomic E-state index is 0.360. The highest BCUT2D eigenvalue weighted by atomic mass is 35.5. The van der Waals surface area contributed by atoms with Crippen LogP contribution in [0.5, 0.6) is 5.75 Å². The fraction of sp³-hybridized carbons (Fsp3) is 0.0714. The van der Waals surface area contributed by atoms with Gasteiger partial charge in [-0.25, -0.2) is 9.37 Å². The van der Waals surface area contributed by atoms with Crippen LogP contribution in [0.2, 0.25) is 5.02 Å². The lowest BCUT2D eigenvalue weighted by molar-refractivity contribution is 0.413. The van der Waals surface area contributed by atoms with Crippen molar-refractivity contribution >= 4 is 17.2 Å². The molecule has 0 N–H and O–H groups in total. The summed E-state index contributed by atoms with van der Waals surface area (Å²) in [6, 6.07) is 8.23. The van der Waals surface area contributed by atoms with Crippen LogP contribution in [0.1, 0.15) is 0 Å². The standard InChI is InChI=1S/C14H10ClFN2O/c1-19-12-6-2-5-10(16)13(12)11-8-17-14-9(15)4-3-7-18(11)14/h2-8H,1H3. The van der Waals surface area contributed by atoms with E-state index in [1.807, 2.05) is 0 Å². The van der Waals surface area contributed by atoms with Gasteiger partial charge < -0.3 is 4.74 Å². The summed E-state index contributed by atoms with van der Waals surface area (Å²) in [5, 5.41) is 0.518. The van der Waals surface area contributed by atoms with Crippen molar-refractivity contribution in [1.82, 2.24) is 9.38 Å². The molecular formula is C14H10ClFN2O. The Morgan fingerprint density at radius 1 is 1.26 bits per heavy atom. The molecule has 0 saturated carbocycles. The molecule has 3 nitrogen and oxygen atoms in total. The lowest BCUT2D eigenvalue weighted by Crippen LogP contribution is -1.95. The zero-order chi connectivity index (χ0) is 13.4. The van der Waals surface area contributed by atoms with Crippen LogP contribution in [0.4, 0.5) is 4.39 Å². The van der Waals surface area contributed by atoms with Crippen LogP contribution in [0, 0.1) is 5.82 Å². The minimum atomic E-state index is -0.360. The molecule has 3 aromatic rings. The SMILES string of the molecule is COc1cccc(F)c1-c1cnc2c(Cl)cccn12. The smallest absolute Gasteiger partial charge is 0.156 e. The summed E-state index contributed by atoms with van der Waals surface area (Å²) >= 11 is 6.06. The number of halogens is 2. The van der Waals surface area contributed by atoms with Crippen LogP contribution in [-0.4, -0.2) is 16.5 Å². The van der Waals surface area contributed by atoms with Crippen LogP contribution >= 0.6 is 11.6 Å². The summed E-state index contributed by atoms with van der Waals surface area (Å²) in [5.41, 5.74) is 1.57.